The predicted octanol–water partition coefficient (Wildman–Crippen LogP) is 4.77. The third-order valence-corrected chi connectivity index (χ3v) is 5.28. The maximum absolute atomic E-state index is 11.1. The van der Waals surface area contributed by atoms with E-state index in [1.165, 1.54) is 44.9 Å². The summed E-state index contributed by atoms with van der Waals surface area (Å²) in [6, 6.07) is 0. The minimum absolute atomic E-state index is 0.102. The molecule has 0 radical (unpaired) electrons. The standard InChI is InChI=1S/C15H25ClO/c1-11-2-4-12(5-3-11)10-13-6-8-14(9-7-13)15(16)17/h11-14H,2-10H2,1H3. The summed E-state index contributed by atoms with van der Waals surface area (Å²) in [6.07, 6.45) is 11.7. The topological polar surface area (TPSA) is 17.1 Å². The highest BCUT2D eigenvalue weighted by molar-refractivity contribution is 6.63. The zero-order valence-corrected chi connectivity index (χ0v) is 11.7. The lowest BCUT2D eigenvalue weighted by Crippen LogP contribution is -2.22. The number of carbonyl (C=O) groups excluding carboxylic acids is 1. The van der Waals surface area contributed by atoms with Gasteiger partial charge in [-0.25, -0.2) is 0 Å². The largest absolute Gasteiger partial charge is 0.281 e. The molecule has 0 heterocycles. The van der Waals surface area contributed by atoms with Crippen molar-refractivity contribution in [1.29, 1.82) is 0 Å². The van der Waals surface area contributed by atoms with Gasteiger partial charge in [0.1, 0.15) is 0 Å². The molecule has 0 unspecified atom stereocenters. The highest BCUT2D eigenvalue weighted by Gasteiger charge is 2.28. The molecule has 0 spiro atoms. The first-order chi connectivity index (χ1) is 8.15. The van der Waals surface area contributed by atoms with Crippen molar-refractivity contribution in [2.75, 3.05) is 0 Å². The summed E-state index contributed by atoms with van der Waals surface area (Å²) in [6.45, 7) is 2.38. The van der Waals surface area contributed by atoms with Gasteiger partial charge >= 0.3 is 0 Å². The van der Waals surface area contributed by atoms with Crippen molar-refractivity contribution in [3.8, 4) is 0 Å². The smallest absolute Gasteiger partial charge is 0.224 e. The molecule has 2 fully saturated rings. The number of carbonyl (C=O) groups is 1. The van der Waals surface area contributed by atoms with Crippen molar-refractivity contribution in [3.05, 3.63) is 0 Å². The van der Waals surface area contributed by atoms with Crippen LogP contribution >= 0.6 is 11.6 Å². The van der Waals surface area contributed by atoms with Crippen LogP contribution in [0.3, 0.4) is 0 Å². The molecule has 0 aromatic rings. The second-order valence-corrected chi connectivity index (χ2v) is 6.76. The van der Waals surface area contributed by atoms with Gasteiger partial charge in [0.05, 0.1) is 0 Å². The van der Waals surface area contributed by atoms with Crippen molar-refractivity contribution in [3.63, 3.8) is 0 Å². The highest BCUT2D eigenvalue weighted by atomic mass is 35.5. The van der Waals surface area contributed by atoms with Gasteiger partial charge in [0.2, 0.25) is 5.24 Å². The van der Waals surface area contributed by atoms with Crippen molar-refractivity contribution >= 4 is 16.8 Å². The fraction of sp³-hybridized carbons (Fsp3) is 0.933. The molecule has 2 rings (SSSR count). The second-order valence-electron chi connectivity index (χ2n) is 6.38. The molecular formula is C15H25ClO. The van der Waals surface area contributed by atoms with Crippen LogP contribution in [0.2, 0.25) is 0 Å². The van der Waals surface area contributed by atoms with E-state index in [0.29, 0.717) is 0 Å². The average Bonchev–Trinajstić information content (AvgIpc) is 2.33. The molecule has 1 nitrogen and oxygen atoms in total. The summed E-state index contributed by atoms with van der Waals surface area (Å²) in [4.78, 5) is 11.1. The summed E-state index contributed by atoms with van der Waals surface area (Å²) >= 11 is 5.57. The summed E-state index contributed by atoms with van der Waals surface area (Å²) in [5, 5.41) is -0.102. The van der Waals surface area contributed by atoms with E-state index in [2.05, 4.69) is 6.92 Å². The Bertz CT molecular complexity index is 248. The van der Waals surface area contributed by atoms with E-state index < -0.39 is 0 Å². The van der Waals surface area contributed by atoms with Gasteiger partial charge in [-0.05, 0) is 61.5 Å². The molecule has 0 saturated heterocycles. The molecule has 2 aliphatic carbocycles. The molecule has 98 valence electrons. The van der Waals surface area contributed by atoms with Crippen LogP contribution in [-0.2, 0) is 4.79 Å². The molecule has 2 aliphatic rings. The molecule has 0 aromatic carbocycles. The second kappa shape index (κ2) is 6.22. The fourth-order valence-corrected chi connectivity index (χ4v) is 3.88. The van der Waals surface area contributed by atoms with E-state index in [1.807, 2.05) is 0 Å². The van der Waals surface area contributed by atoms with Crippen LogP contribution in [0.5, 0.6) is 0 Å². The lowest BCUT2D eigenvalue weighted by Gasteiger charge is -2.32. The molecule has 2 saturated carbocycles. The Hall–Kier alpha value is -0.0400. The van der Waals surface area contributed by atoms with Gasteiger partial charge in [-0.1, -0.05) is 32.6 Å². The third-order valence-electron chi connectivity index (χ3n) is 4.97. The number of hydrogen-bond acceptors (Lipinski definition) is 1. The lowest BCUT2D eigenvalue weighted by atomic mass is 9.74. The van der Waals surface area contributed by atoms with Crippen LogP contribution < -0.4 is 0 Å². The first kappa shape index (κ1) is 13.4. The molecule has 0 bridgehead atoms. The van der Waals surface area contributed by atoms with Crippen molar-refractivity contribution in [2.45, 2.75) is 64.7 Å². The van der Waals surface area contributed by atoms with E-state index in [-0.39, 0.29) is 11.2 Å². The van der Waals surface area contributed by atoms with Gasteiger partial charge in [0, 0.05) is 5.92 Å². The number of halogens is 1. The van der Waals surface area contributed by atoms with Gasteiger partial charge in [0.25, 0.3) is 0 Å². The molecular weight excluding hydrogens is 232 g/mol. The Labute approximate surface area is 110 Å². The third kappa shape index (κ3) is 3.98. The maximum Gasteiger partial charge on any atom is 0.224 e. The van der Waals surface area contributed by atoms with Crippen LogP contribution in [0, 0.1) is 23.7 Å². The van der Waals surface area contributed by atoms with Crippen LogP contribution in [0.25, 0.3) is 0 Å². The van der Waals surface area contributed by atoms with Crippen LogP contribution in [0.1, 0.15) is 64.7 Å². The quantitative estimate of drug-likeness (QED) is 0.665. The van der Waals surface area contributed by atoms with E-state index in [9.17, 15) is 4.79 Å². The molecule has 17 heavy (non-hydrogen) atoms. The van der Waals surface area contributed by atoms with Crippen molar-refractivity contribution in [2.24, 2.45) is 23.7 Å². The average molecular weight is 257 g/mol. The highest BCUT2D eigenvalue weighted by Crippen LogP contribution is 2.38. The van der Waals surface area contributed by atoms with Crippen LogP contribution in [-0.4, -0.2) is 5.24 Å². The first-order valence-electron chi connectivity index (χ1n) is 7.34. The molecule has 0 N–H and O–H groups in total. The predicted molar refractivity (Wildman–Crippen MR) is 72.0 cm³/mol. The first-order valence-corrected chi connectivity index (χ1v) is 7.72. The number of hydrogen-bond donors (Lipinski definition) is 0. The van der Waals surface area contributed by atoms with Gasteiger partial charge in [-0.2, -0.15) is 0 Å². The minimum atomic E-state index is -0.102. The van der Waals surface area contributed by atoms with E-state index in [4.69, 9.17) is 11.6 Å². The molecule has 0 amide bonds. The van der Waals surface area contributed by atoms with Gasteiger partial charge in [-0.3, -0.25) is 4.79 Å². The van der Waals surface area contributed by atoms with E-state index in [1.54, 1.807) is 0 Å². The molecule has 0 aliphatic heterocycles. The van der Waals surface area contributed by atoms with Crippen LogP contribution in [0.4, 0.5) is 0 Å². The van der Waals surface area contributed by atoms with Crippen molar-refractivity contribution < 1.29 is 4.79 Å². The number of rotatable bonds is 3. The van der Waals surface area contributed by atoms with E-state index >= 15 is 0 Å². The molecule has 0 aromatic heterocycles. The van der Waals surface area contributed by atoms with E-state index in [0.717, 1.165) is 30.6 Å². The van der Waals surface area contributed by atoms with Gasteiger partial charge < -0.3 is 0 Å². The normalized spacial score (nSPS) is 38.9. The molecule has 2 heteroatoms. The van der Waals surface area contributed by atoms with Crippen molar-refractivity contribution in [1.82, 2.24) is 0 Å². The SMILES string of the molecule is CC1CCC(CC2CCC(C(=O)Cl)CC2)CC1. The lowest BCUT2D eigenvalue weighted by molar-refractivity contribution is -0.116. The Morgan fingerprint density at radius 2 is 1.41 bits per heavy atom. The Balaban J connectivity index is 1.69. The summed E-state index contributed by atoms with van der Waals surface area (Å²) in [5.74, 6) is 2.97. The van der Waals surface area contributed by atoms with Gasteiger partial charge in [0.15, 0.2) is 0 Å². The minimum Gasteiger partial charge on any atom is -0.281 e. The molecule has 0 atom stereocenters. The fourth-order valence-electron chi connectivity index (χ4n) is 3.66. The van der Waals surface area contributed by atoms with Crippen LogP contribution in [0.15, 0.2) is 0 Å². The Morgan fingerprint density at radius 1 is 0.941 bits per heavy atom. The maximum atomic E-state index is 11.1. The Morgan fingerprint density at radius 3 is 1.88 bits per heavy atom. The monoisotopic (exact) mass is 256 g/mol. The summed E-state index contributed by atoms with van der Waals surface area (Å²) in [7, 11) is 0. The zero-order chi connectivity index (χ0) is 12.3. The van der Waals surface area contributed by atoms with Gasteiger partial charge in [-0.15, -0.1) is 0 Å². The Kier molecular flexibility index (Phi) is 4.90. The summed E-state index contributed by atoms with van der Waals surface area (Å²) in [5.41, 5.74) is 0. The summed E-state index contributed by atoms with van der Waals surface area (Å²) < 4.78 is 0. The zero-order valence-electron chi connectivity index (χ0n) is 11.0.